The van der Waals surface area contributed by atoms with E-state index in [1.807, 2.05) is 24.3 Å². The van der Waals surface area contributed by atoms with Gasteiger partial charge < -0.3 is 0 Å². The van der Waals surface area contributed by atoms with Gasteiger partial charge in [0, 0.05) is 10.8 Å². The molecule has 3 aromatic rings. The lowest BCUT2D eigenvalue weighted by Crippen LogP contribution is -1.98. The monoisotopic (exact) mass is 327 g/mol. The summed E-state index contributed by atoms with van der Waals surface area (Å²) in [4.78, 5) is 0. The highest BCUT2D eigenvalue weighted by atomic mass is 35.5. The summed E-state index contributed by atoms with van der Waals surface area (Å²) >= 11 is 7.42. The summed E-state index contributed by atoms with van der Waals surface area (Å²) in [6.07, 6.45) is 0. The van der Waals surface area contributed by atoms with Crippen molar-refractivity contribution in [2.24, 2.45) is 0 Å². The van der Waals surface area contributed by atoms with Crippen LogP contribution in [0, 0.1) is 11.3 Å². The van der Waals surface area contributed by atoms with Crippen molar-refractivity contribution >= 4 is 23.4 Å². The largest absolute Gasteiger partial charge is 0.214 e. The molecule has 0 aliphatic carbocycles. The quantitative estimate of drug-likeness (QED) is 0.686. The van der Waals surface area contributed by atoms with Gasteiger partial charge >= 0.3 is 0 Å². The average molecular weight is 328 g/mol. The zero-order valence-corrected chi connectivity index (χ0v) is 12.9. The van der Waals surface area contributed by atoms with Crippen LogP contribution in [-0.4, -0.2) is 20.2 Å². The third kappa shape index (κ3) is 3.27. The van der Waals surface area contributed by atoms with E-state index in [0.717, 1.165) is 17.0 Å². The van der Waals surface area contributed by atoms with E-state index in [2.05, 4.69) is 21.6 Å². The Hall–Kier alpha value is -2.36. The Bertz CT molecular complexity index is 805. The van der Waals surface area contributed by atoms with Gasteiger partial charge in [0.05, 0.1) is 17.3 Å². The van der Waals surface area contributed by atoms with Gasteiger partial charge in [-0.25, -0.2) is 0 Å². The highest BCUT2D eigenvalue weighted by Crippen LogP contribution is 2.23. The van der Waals surface area contributed by atoms with Crippen LogP contribution >= 0.6 is 23.4 Å². The highest BCUT2D eigenvalue weighted by Gasteiger charge is 2.09. The van der Waals surface area contributed by atoms with Crippen LogP contribution < -0.4 is 0 Å². The molecule has 0 aliphatic rings. The molecule has 22 heavy (non-hydrogen) atoms. The third-order valence-electron chi connectivity index (χ3n) is 2.96. The summed E-state index contributed by atoms with van der Waals surface area (Å²) in [6, 6.07) is 16.9. The van der Waals surface area contributed by atoms with Gasteiger partial charge in [-0.1, -0.05) is 35.5 Å². The molecule has 0 aliphatic heterocycles. The van der Waals surface area contributed by atoms with Gasteiger partial charge in [-0.2, -0.15) is 9.94 Å². The standard InChI is InChI=1S/C15H10ClN5S/c16-13-5-7-14(8-6-13)21-15(18-19-20-21)22-10-12-3-1-11(9-17)2-4-12/h1-8H,10H2. The molecule has 5 nitrogen and oxygen atoms in total. The molecule has 7 heteroatoms. The van der Waals surface area contributed by atoms with E-state index >= 15 is 0 Å². The molecule has 0 amide bonds. The number of thioether (sulfide) groups is 1. The Balaban J connectivity index is 1.75. The Kier molecular flexibility index (Phi) is 4.37. The lowest BCUT2D eigenvalue weighted by Gasteiger charge is -2.04. The summed E-state index contributed by atoms with van der Waals surface area (Å²) in [5.41, 5.74) is 2.62. The van der Waals surface area contributed by atoms with E-state index in [9.17, 15) is 0 Å². The average Bonchev–Trinajstić information content (AvgIpc) is 3.02. The lowest BCUT2D eigenvalue weighted by molar-refractivity contribution is 0.756. The van der Waals surface area contributed by atoms with Gasteiger partial charge in [-0.3, -0.25) is 0 Å². The SMILES string of the molecule is N#Cc1ccc(CSc2nnnn2-c2ccc(Cl)cc2)cc1. The summed E-state index contributed by atoms with van der Waals surface area (Å²) in [5, 5.41) is 21.9. The summed E-state index contributed by atoms with van der Waals surface area (Å²) in [6.45, 7) is 0. The minimum absolute atomic E-state index is 0.653. The minimum atomic E-state index is 0.653. The van der Waals surface area contributed by atoms with Crippen LogP contribution in [0.2, 0.25) is 5.02 Å². The summed E-state index contributed by atoms with van der Waals surface area (Å²) in [5.74, 6) is 0.722. The topological polar surface area (TPSA) is 67.4 Å². The maximum atomic E-state index is 8.80. The number of aromatic nitrogens is 4. The van der Waals surface area contributed by atoms with Gasteiger partial charge in [-0.15, -0.1) is 5.10 Å². The molecule has 0 atom stereocenters. The maximum absolute atomic E-state index is 8.80. The number of hydrogen-bond donors (Lipinski definition) is 0. The second-order valence-electron chi connectivity index (χ2n) is 4.45. The molecule has 2 aromatic carbocycles. The first-order valence-electron chi connectivity index (χ1n) is 6.42. The summed E-state index contributed by atoms with van der Waals surface area (Å²) < 4.78 is 1.67. The van der Waals surface area contributed by atoms with Crippen molar-refractivity contribution in [3.8, 4) is 11.8 Å². The first kappa shape index (κ1) is 14.6. The fraction of sp³-hybridized carbons (Fsp3) is 0.0667. The Morgan fingerprint density at radius 3 is 2.50 bits per heavy atom. The number of benzene rings is 2. The second-order valence-corrected chi connectivity index (χ2v) is 5.83. The first-order valence-corrected chi connectivity index (χ1v) is 7.79. The molecular weight excluding hydrogens is 318 g/mol. The number of nitrogens with zero attached hydrogens (tertiary/aromatic N) is 5. The zero-order valence-electron chi connectivity index (χ0n) is 11.3. The van der Waals surface area contributed by atoms with Crippen molar-refractivity contribution in [2.75, 3.05) is 0 Å². The fourth-order valence-electron chi connectivity index (χ4n) is 1.84. The van der Waals surface area contributed by atoms with E-state index in [0.29, 0.717) is 15.7 Å². The Labute approximate surface area is 136 Å². The molecule has 0 spiro atoms. The van der Waals surface area contributed by atoms with Crippen molar-refractivity contribution in [1.29, 1.82) is 5.26 Å². The third-order valence-corrected chi connectivity index (χ3v) is 4.21. The number of tetrazole rings is 1. The normalized spacial score (nSPS) is 10.4. The van der Waals surface area contributed by atoms with Crippen molar-refractivity contribution in [1.82, 2.24) is 20.2 Å². The number of nitriles is 1. The van der Waals surface area contributed by atoms with Crippen LogP contribution in [0.3, 0.4) is 0 Å². The number of rotatable bonds is 4. The van der Waals surface area contributed by atoms with Crippen LogP contribution in [0.1, 0.15) is 11.1 Å². The van der Waals surface area contributed by atoms with Crippen molar-refractivity contribution in [2.45, 2.75) is 10.9 Å². The van der Waals surface area contributed by atoms with Crippen LogP contribution in [-0.2, 0) is 5.75 Å². The zero-order chi connectivity index (χ0) is 15.4. The van der Waals surface area contributed by atoms with Gasteiger partial charge in [0.15, 0.2) is 0 Å². The molecule has 0 saturated heterocycles. The molecule has 0 fully saturated rings. The van der Waals surface area contributed by atoms with E-state index in [-0.39, 0.29) is 0 Å². The number of halogens is 1. The van der Waals surface area contributed by atoms with Crippen LogP contribution in [0.5, 0.6) is 0 Å². The van der Waals surface area contributed by atoms with Gasteiger partial charge in [0.2, 0.25) is 5.16 Å². The van der Waals surface area contributed by atoms with Crippen molar-refractivity contribution in [3.63, 3.8) is 0 Å². The predicted octanol–water partition coefficient (Wildman–Crippen LogP) is 3.48. The molecule has 1 aromatic heterocycles. The molecule has 0 N–H and O–H groups in total. The van der Waals surface area contributed by atoms with Gasteiger partial charge in [0.1, 0.15) is 0 Å². The fourth-order valence-corrected chi connectivity index (χ4v) is 2.81. The molecule has 1 heterocycles. The Morgan fingerprint density at radius 2 is 1.82 bits per heavy atom. The van der Waals surface area contributed by atoms with Crippen LogP contribution in [0.4, 0.5) is 0 Å². The van der Waals surface area contributed by atoms with E-state index in [1.54, 1.807) is 28.9 Å². The van der Waals surface area contributed by atoms with Crippen LogP contribution in [0.25, 0.3) is 5.69 Å². The van der Waals surface area contributed by atoms with Gasteiger partial charge in [0.25, 0.3) is 0 Å². The minimum Gasteiger partial charge on any atom is -0.192 e. The van der Waals surface area contributed by atoms with E-state index in [1.165, 1.54) is 11.8 Å². The summed E-state index contributed by atoms with van der Waals surface area (Å²) in [7, 11) is 0. The molecule has 0 saturated carbocycles. The van der Waals surface area contributed by atoms with Gasteiger partial charge in [-0.05, 0) is 52.4 Å². The van der Waals surface area contributed by atoms with E-state index in [4.69, 9.17) is 16.9 Å². The number of hydrogen-bond acceptors (Lipinski definition) is 5. The molecule has 0 radical (unpaired) electrons. The molecule has 108 valence electrons. The van der Waals surface area contributed by atoms with Crippen molar-refractivity contribution in [3.05, 3.63) is 64.7 Å². The molecule has 0 unspecified atom stereocenters. The predicted molar refractivity (Wildman–Crippen MR) is 84.9 cm³/mol. The van der Waals surface area contributed by atoms with Crippen LogP contribution in [0.15, 0.2) is 53.7 Å². The maximum Gasteiger partial charge on any atom is 0.214 e. The first-order chi connectivity index (χ1) is 10.8. The Morgan fingerprint density at radius 1 is 1.09 bits per heavy atom. The second kappa shape index (κ2) is 6.60. The van der Waals surface area contributed by atoms with E-state index < -0.39 is 0 Å². The highest BCUT2D eigenvalue weighted by molar-refractivity contribution is 7.98. The van der Waals surface area contributed by atoms with Crippen molar-refractivity contribution < 1.29 is 0 Å². The molecule has 3 rings (SSSR count). The smallest absolute Gasteiger partial charge is 0.192 e. The lowest BCUT2D eigenvalue weighted by atomic mass is 10.2. The molecular formula is C15H10ClN5S. The molecule has 0 bridgehead atoms.